The van der Waals surface area contributed by atoms with E-state index >= 15 is 0 Å². The quantitative estimate of drug-likeness (QED) is 0.636. The molecule has 0 saturated heterocycles. The minimum absolute atomic E-state index is 0.689. The lowest BCUT2D eigenvalue weighted by Gasteiger charge is -2.22. The molecular formula is C12H25NO. The van der Waals surface area contributed by atoms with Crippen molar-refractivity contribution in [3.63, 3.8) is 0 Å². The van der Waals surface area contributed by atoms with Gasteiger partial charge in [-0.3, -0.25) is 0 Å². The third kappa shape index (κ3) is 3.97. The van der Waals surface area contributed by atoms with Crippen molar-refractivity contribution >= 4 is 0 Å². The highest BCUT2D eigenvalue weighted by atomic mass is 16.5. The van der Waals surface area contributed by atoms with E-state index < -0.39 is 0 Å². The normalized spacial score (nSPS) is 20.1. The maximum atomic E-state index is 5.53. The Hall–Kier alpha value is -0.0800. The van der Waals surface area contributed by atoms with Gasteiger partial charge in [-0.05, 0) is 38.6 Å². The molecular weight excluding hydrogens is 174 g/mol. The molecule has 2 heteroatoms. The second-order valence-electron chi connectivity index (χ2n) is 4.34. The Morgan fingerprint density at radius 2 is 2.00 bits per heavy atom. The van der Waals surface area contributed by atoms with Crippen molar-refractivity contribution in [3.8, 4) is 0 Å². The van der Waals surface area contributed by atoms with Crippen LogP contribution in [0.25, 0.3) is 0 Å². The topological polar surface area (TPSA) is 21.3 Å². The number of nitrogens with one attached hydrogen (secondary N) is 1. The van der Waals surface area contributed by atoms with Crippen molar-refractivity contribution in [3.05, 3.63) is 0 Å². The van der Waals surface area contributed by atoms with E-state index in [9.17, 15) is 0 Å². The summed E-state index contributed by atoms with van der Waals surface area (Å²) in [5, 5.41) is 3.44. The summed E-state index contributed by atoms with van der Waals surface area (Å²) in [5.41, 5.74) is 0. The Bertz CT molecular complexity index is 132. The van der Waals surface area contributed by atoms with Crippen molar-refractivity contribution in [1.82, 2.24) is 5.32 Å². The molecule has 1 aliphatic carbocycles. The van der Waals surface area contributed by atoms with Gasteiger partial charge in [0.15, 0.2) is 0 Å². The summed E-state index contributed by atoms with van der Waals surface area (Å²) in [6, 6.07) is 0.689. The van der Waals surface area contributed by atoms with Gasteiger partial charge in [-0.25, -0.2) is 0 Å². The highest BCUT2D eigenvalue weighted by Gasteiger charge is 2.23. The third-order valence-electron chi connectivity index (χ3n) is 3.26. The molecule has 1 unspecified atom stereocenters. The summed E-state index contributed by atoms with van der Waals surface area (Å²) in [6.07, 6.45) is 8.00. The van der Waals surface area contributed by atoms with Crippen LogP contribution in [-0.4, -0.2) is 26.3 Å². The van der Waals surface area contributed by atoms with Crippen molar-refractivity contribution < 1.29 is 4.74 Å². The first-order valence-electron chi connectivity index (χ1n) is 6.13. The summed E-state index contributed by atoms with van der Waals surface area (Å²) in [4.78, 5) is 0. The van der Waals surface area contributed by atoms with E-state index in [0.717, 1.165) is 25.6 Å². The zero-order valence-corrected chi connectivity index (χ0v) is 9.72. The number of ether oxygens (including phenoxy) is 1. The first-order chi connectivity index (χ1) is 6.88. The zero-order valence-electron chi connectivity index (χ0n) is 9.72. The van der Waals surface area contributed by atoms with E-state index in [1.165, 1.54) is 32.1 Å². The minimum atomic E-state index is 0.689. The molecule has 1 rings (SSSR count). The second-order valence-corrected chi connectivity index (χ2v) is 4.34. The van der Waals surface area contributed by atoms with E-state index in [-0.39, 0.29) is 0 Å². The summed E-state index contributed by atoms with van der Waals surface area (Å²) in [5.74, 6) is 0.908. The molecule has 0 aliphatic heterocycles. The molecule has 2 nitrogen and oxygen atoms in total. The molecule has 0 spiro atoms. The van der Waals surface area contributed by atoms with Gasteiger partial charge in [0.25, 0.3) is 0 Å². The molecule has 0 heterocycles. The van der Waals surface area contributed by atoms with E-state index in [1.54, 1.807) is 0 Å². The second kappa shape index (κ2) is 7.24. The average Bonchev–Trinajstić information content (AvgIpc) is 2.71. The van der Waals surface area contributed by atoms with Crippen LogP contribution in [0.4, 0.5) is 0 Å². The van der Waals surface area contributed by atoms with Crippen molar-refractivity contribution in [2.24, 2.45) is 5.92 Å². The van der Waals surface area contributed by atoms with Crippen molar-refractivity contribution in [2.45, 2.75) is 51.5 Å². The predicted octanol–water partition coefficient (Wildman–Crippen LogP) is 2.58. The van der Waals surface area contributed by atoms with Gasteiger partial charge in [-0.2, -0.15) is 0 Å². The van der Waals surface area contributed by atoms with Gasteiger partial charge in [0, 0.05) is 19.3 Å². The number of rotatable bonds is 7. The van der Waals surface area contributed by atoms with Crippen molar-refractivity contribution in [2.75, 3.05) is 20.3 Å². The lowest BCUT2D eigenvalue weighted by atomic mass is 9.96. The SMILES string of the molecule is CCCOCCC(NC)C1CCCC1. The lowest BCUT2D eigenvalue weighted by Crippen LogP contribution is -2.33. The summed E-state index contributed by atoms with van der Waals surface area (Å²) < 4.78 is 5.53. The van der Waals surface area contributed by atoms with Gasteiger partial charge in [0.2, 0.25) is 0 Å². The maximum Gasteiger partial charge on any atom is 0.0480 e. The Morgan fingerprint density at radius 3 is 2.57 bits per heavy atom. The highest BCUT2D eigenvalue weighted by Crippen LogP contribution is 2.28. The summed E-state index contributed by atoms with van der Waals surface area (Å²) in [7, 11) is 2.09. The van der Waals surface area contributed by atoms with Gasteiger partial charge < -0.3 is 10.1 Å². The summed E-state index contributed by atoms with van der Waals surface area (Å²) >= 11 is 0. The van der Waals surface area contributed by atoms with Crippen LogP contribution in [0, 0.1) is 5.92 Å². The Morgan fingerprint density at radius 1 is 1.29 bits per heavy atom. The average molecular weight is 199 g/mol. The van der Waals surface area contributed by atoms with Gasteiger partial charge in [-0.15, -0.1) is 0 Å². The largest absolute Gasteiger partial charge is 0.381 e. The van der Waals surface area contributed by atoms with Crippen LogP contribution < -0.4 is 5.32 Å². The first-order valence-corrected chi connectivity index (χ1v) is 6.13. The molecule has 0 aromatic carbocycles. The number of hydrogen-bond acceptors (Lipinski definition) is 2. The molecule has 1 aliphatic rings. The van der Waals surface area contributed by atoms with E-state index in [2.05, 4.69) is 19.3 Å². The van der Waals surface area contributed by atoms with E-state index in [4.69, 9.17) is 4.74 Å². The van der Waals surface area contributed by atoms with Gasteiger partial charge in [0.1, 0.15) is 0 Å². The van der Waals surface area contributed by atoms with Crippen LogP contribution in [0.15, 0.2) is 0 Å². The standard InChI is InChI=1S/C12H25NO/c1-3-9-14-10-8-12(13-2)11-6-4-5-7-11/h11-13H,3-10H2,1-2H3. The fourth-order valence-corrected chi connectivity index (χ4v) is 2.43. The summed E-state index contributed by atoms with van der Waals surface area (Å²) in [6.45, 7) is 4.00. The maximum absolute atomic E-state index is 5.53. The molecule has 0 aromatic heterocycles. The smallest absolute Gasteiger partial charge is 0.0480 e. The fraction of sp³-hybridized carbons (Fsp3) is 1.00. The van der Waals surface area contributed by atoms with Crippen LogP contribution in [0.1, 0.15) is 45.4 Å². The molecule has 0 radical (unpaired) electrons. The molecule has 84 valence electrons. The Labute approximate surface area is 88.4 Å². The van der Waals surface area contributed by atoms with Gasteiger partial charge in [0.05, 0.1) is 0 Å². The number of hydrogen-bond donors (Lipinski definition) is 1. The Balaban J connectivity index is 2.11. The predicted molar refractivity (Wildman–Crippen MR) is 60.5 cm³/mol. The van der Waals surface area contributed by atoms with Crippen LogP contribution in [-0.2, 0) is 4.74 Å². The molecule has 1 atom stereocenters. The molecule has 1 N–H and O–H groups in total. The third-order valence-corrected chi connectivity index (χ3v) is 3.26. The van der Waals surface area contributed by atoms with E-state index in [1.807, 2.05) is 0 Å². The Kier molecular flexibility index (Phi) is 6.20. The molecule has 0 amide bonds. The highest BCUT2D eigenvalue weighted by molar-refractivity contribution is 4.79. The molecule has 0 aromatic rings. The van der Waals surface area contributed by atoms with Gasteiger partial charge in [-0.1, -0.05) is 19.8 Å². The molecule has 1 saturated carbocycles. The van der Waals surface area contributed by atoms with Crippen molar-refractivity contribution in [1.29, 1.82) is 0 Å². The van der Waals surface area contributed by atoms with Crippen LogP contribution >= 0.6 is 0 Å². The molecule has 14 heavy (non-hydrogen) atoms. The fourth-order valence-electron chi connectivity index (χ4n) is 2.43. The zero-order chi connectivity index (χ0) is 10.2. The molecule has 0 bridgehead atoms. The minimum Gasteiger partial charge on any atom is -0.381 e. The van der Waals surface area contributed by atoms with Crippen LogP contribution in [0.3, 0.4) is 0 Å². The first kappa shape index (κ1) is 12.0. The van der Waals surface area contributed by atoms with Gasteiger partial charge >= 0.3 is 0 Å². The molecule has 1 fully saturated rings. The monoisotopic (exact) mass is 199 g/mol. The van der Waals surface area contributed by atoms with Crippen LogP contribution in [0.5, 0.6) is 0 Å². The lowest BCUT2D eigenvalue weighted by molar-refractivity contribution is 0.118. The van der Waals surface area contributed by atoms with Crippen LogP contribution in [0.2, 0.25) is 0 Å². The van der Waals surface area contributed by atoms with E-state index in [0.29, 0.717) is 6.04 Å².